The van der Waals surface area contributed by atoms with Crippen LogP contribution in [0.25, 0.3) is 0 Å². The van der Waals surface area contributed by atoms with Crippen molar-refractivity contribution in [3.05, 3.63) is 29.3 Å². The maximum Gasteiger partial charge on any atom is 0.260 e. The third-order valence-electron chi connectivity index (χ3n) is 3.47. The van der Waals surface area contributed by atoms with E-state index in [2.05, 4.69) is 5.32 Å². The van der Waals surface area contributed by atoms with Crippen LogP contribution in [0.1, 0.15) is 43.9 Å². The first-order valence-electron chi connectivity index (χ1n) is 6.94. The summed E-state index contributed by atoms with van der Waals surface area (Å²) in [5.74, 6) is 0.672. The summed E-state index contributed by atoms with van der Waals surface area (Å²) in [4.78, 5) is 11.7. The molecular weight excluding hydrogens is 240 g/mol. The zero-order valence-electron chi connectivity index (χ0n) is 11.6. The molecule has 0 radical (unpaired) electrons. The molecule has 0 fully saturated rings. The van der Waals surface area contributed by atoms with Gasteiger partial charge in [-0.25, -0.2) is 0 Å². The minimum atomic E-state index is -0.473. The normalized spacial score (nSPS) is 18.8. The van der Waals surface area contributed by atoms with Crippen LogP contribution >= 0.6 is 0 Å². The highest BCUT2D eigenvalue weighted by Gasteiger charge is 2.20. The van der Waals surface area contributed by atoms with Crippen LogP contribution < -0.4 is 15.8 Å². The molecule has 3 N–H and O–H groups in total. The fraction of sp³-hybridized carbons (Fsp3) is 0.533. The molecule has 2 rings (SSSR count). The van der Waals surface area contributed by atoms with Crippen molar-refractivity contribution in [1.82, 2.24) is 5.32 Å². The van der Waals surface area contributed by atoms with E-state index >= 15 is 0 Å². The van der Waals surface area contributed by atoms with E-state index in [4.69, 9.17) is 10.5 Å². The maximum atomic E-state index is 11.7. The van der Waals surface area contributed by atoms with Gasteiger partial charge in [0.2, 0.25) is 0 Å². The van der Waals surface area contributed by atoms with Crippen LogP contribution in [0.3, 0.4) is 0 Å². The van der Waals surface area contributed by atoms with Crippen molar-refractivity contribution in [2.45, 2.75) is 45.3 Å². The molecule has 0 saturated carbocycles. The van der Waals surface area contributed by atoms with Crippen molar-refractivity contribution in [2.75, 3.05) is 6.54 Å². The van der Waals surface area contributed by atoms with Gasteiger partial charge in [-0.3, -0.25) is 4.79 Å². The molecule has 1 aliphatic carbocycles. The van der Waals surface area contributed by atoms with Crippen molar-refractivity contribution in [3.63, 3.8) is 0 Å². The lowest BCUT2D eigenvalue weighted by atomic mass is 10.1. The van der Waals surface area contributed by atoms with Gasteiger partial charge in [0.25, 0.3) is 5.91 Å². The van der Waals surface area contributed by atoms with Gasteiger partial charge in [-0.1, -0.05) is 13.0 Å². The van der Waals surface area contributed by atoms with E-state index < -0.39 is 6.10 Å². The number of ether oxygens (including phenoxy) is 1. The molecule has 0 saturated heterocycles. The summed E-state index contributed by atoms with van der Waals surface area (Å²) in [6, 6.07) is 6.06. The Morgan fingerprint density at radius 2 is 2.37 bits per heavy atom. The van der Waals surface area contributed by atoms with Crippen molar-refractivity contribution < 1.29 is 9.53 Å². The van der Waals surface area contributed by atoms with Gasteiger partial charge in [0, 0.05) is 12.6 Å². The summed E-state index contributed by atoms with van der Waals surface area (Å²) in [7, 11) is 0. The number of hydrogen-bond acceptors (Lipinski definition) is 3. The Labute approximate surface area is 114 Å². The van der Waals surface area contributed by atoms with Crippen LogP contribution in [0.2, 0.25) is 0 Å². The van der Waals surface area contributed by atoms with Crippen LogP contribution in [-0.2, 0) is 11.2 Å². The quantitative estimate of drug-likeness (QED) is 0.852. The zero-order valence-corrected chi connectivity index (χ0v) is 11.6. The molecule has 1 aromatic carbocycles. The third kappa shape index (κ3) is 3.26. The number of aryl methyl sites for hydroxylation is 1. The SMILES string of the molecule is CCCNC(=O)C(C)Oc1ccc2c(c1)CC[C@@H]2N. The van der Waals surface area contributed by atoms with Gasteiger partial charge in [-0.15, -0.1) is 0 Å². The Balaban J connectivity index is 1.98. The molecule has 4 nitrogen and oxygen atoms in total. The molecule has 0 bridgehead atoms. The number of rotatable bonds is 5. The Morgan fingerprint density at radius 3 is 3.11 bits per heavy atom. The number of fused-ring (bicyclic) bond motifs is 1. The molecule has 0 aliphatic heterocycles. The van der Waals surface area contributed by atoms with Crippen LogP contribution in [0, 0.1) is 0 Å². The topological polar surface area (TPSA) is 64.3 Å². The standard InChI is InChI=1S/C15H22N2O2/c1-3-8-17-15(18)10(2)19-12-5-6-13-11(9-12)4-7-14(13)16/h5-6,9-10,14H,3-4,7-8,16H2,1-2H3,(H,17,18)/t10?,14-/m0/s1. The average molecular weight is 262 g/mol. The lowest BCUT2D eigenvalue weighted by molar-refractivity contribution is -0.127. The van der Waals surface area contributed by atoms with E-state index in [0.29, 0.717) is 6.54 Å². The minimum absolute atomic E-state index is 0.0703. The number of carbonyl (C=O) groups is 1. The second kappa shape index (κ2) is 6.06. The van der Waals surface area contributed by atoms with Crippen molar-refractivity contribution >= 4 is 5.91 Å². The number of hydrogen-bond donors (Lipinski definition) is 2. The summed E-state index contributed by atoms with van der Waals surface area (Å²) < 4.78 is 5.68. The third-order valence-corrected chi connectivity index (χ3v) is 3.47. The van der Waals surface area contributed by atoms with Crippen LogP contribution in [-0.4, -0.2) is 18.6 Å². The highest BCUT2D eigenvalue weighted by Crippen LogP contribution is 2.32. The first-order valence-corrected chi connectivity index (χ1v) is 6.94. The van der Waals surface area contributed by atoms with E-state index in [1.807, 2.05) is 25.1 Å². The van der Waals surface area contributed by atoms with Gasteiger partial charge in [0.1, 0.15) is 5.75 Å². The lowest BCUT2D eigenvalue weighted by Crippen LogP contribution is -2.36. The molecule has 0 heterocycles. The minimum Gasteiger partial charge on any atom is -0.481 e. The van der Waals surface area contributed by atoms with Crippen LogP contribution in [0.15, 0.2) is 18.2 Å². The molecule has 1 unspecified atom stereocenters. The summed E-state index contributed by atoms with van der Waals surface area (Å²) in [6.45, 7) is 4.48. The van der Waals surface area contributed by atoms with Gasteiger partial charge >= 0.3 is 0 Å². The lowest BCUT2D eigenvalue weighted by Gasteiger charge is -2.15. The molecule has 2 atom stereocenters. The predicted molar refractivity (Wildman–Crippen MR) is 75.1 cm³/mol. The highest BCUT2D eigenvalue weighted by atomic mass is 16.5. The molecule has 4 heteroatoms. The fourth-order valence-corrected chi connectivity index (χ4v) is 2.35. The average Bonchev–Trinajstić information content (AvgIpc) is 2.77. The number of amides is 1. The fourth-order valence-electron chi connectivity index (χ4n) is 2.35. The second-order valence-electron chi connectivity index (χ2n) is 5.06. The first kappa shape index (κ1) is 13.9. The van der Waals surface area contributed by atoms with Crippen molar-refractivity contribution in [2.24, 2.45) is 5.73 Å². The summed E-state index contributed by atoms with van der Waals surface area (Å²) >= 11 is 0. The molecule has 0 spiro atoms. The van der Waals surface area contributed by atoms with E-state index in [-0.39, 0.29) is 11.9 Å². The summed E-state index contributed by atoms with van der Waals surface area (Å²) in [5, 5.41) is 2.83. The second-order valence-corrected chi connectivity index (χ2v) is 5.06. The Kier molecular flexibility index (Phi) is 4.43. The zero-order chi connectivity index (χ0) is 13.8. The van der Waals surface area contributed by atoms with E-state index in [1.165, 1.54) is 11.1 Å². The monoisotopic (exact) mass is 262 g/mol. The van der Waals surface area contributed by atoms with Gasteiger partial charge in [-0.2, -0.15) is 0 Å². The smallest absolute Gasteiger partial charge is 0.260 e. The Hall–Kier alpha value is -1.55. The number of benzene rings is 1. The van der Waals surface area contributed by atoms with Gasteiger partial charge in [0.15, 0.2) is 6.10 Å². The predicted octanol–water partition coefficient (Wildman–Crippen LogP) is 1.93. The molecule has 1 aromatic rings. The van der Waals surface area contributed by atoms with E-state index in [9.17, 15) is 4.79 Å². The van der Waals surface area contributed by atoms with E-state index in [0.717, 1.165) is 25.0 Å². The summed E-state index contributed by atoms with van der Waals surface area (Å²) in [5.41, 5.74) is 8.44. The first-order chi connectivity index (χ1) is 9.11. The van der Waals surface area contributed by atoms with Crippen LogP contribution in [0.4, 0.5) is 0 Å². The Bertz CT molecular complexity index is 459. The molecular formula is C15H22N2O2. The van der Waals surface area contributed by atoms with Crippen LogP contribution in [0.5, 0.6) is 5.75 Å². The number of carbonyl (C=O) groups excluding carboxylic acids is 1. The number of nitrogens with two attached hydrogens (primary N) is 1. The van der Waals surface area contributed by atoms with E-state index in [1.54, 1.807) is 6.92 Å². The maximum absolute atomic E-state index is 11.7. The molecule has 19 heavy (non-hydrogen) atoms. The summed E-state index contributed by atoms with van der Waals surface area (Å²) in [6.07, 6.45) is 2.43. The molecule has 0 aromatic heterocycles. The Morgan fingerprint density at radius 1 is 1.58 bits per heavy atom. The van der Waals surface area contributed by atoms with Crippen molar-refractivity contribution in [3.8, 4) is 5.75 Å². The van der Waals surface area contributed by atoms with Gasteiger partial charge in [-0.05, 0) is 49.4 Å². The molecule has 1 aliphatic rings. The van der Waals surface area contributed by atoms with Crippen molar-refractivity contribution in [1.29, 1.82) is 0 Å². The van der Waals surface area contributed by atoms with Gasteiger partial charge in [0.05, 0.1) is 0 Å². The molecule has 104 valence electrons. The highest BCUT2D eigenvalue weighted by molar-refractivity contribution is 5.80. The largest absolute Gasteiger partial charge is 0.481 e. The number of nitrogens with one attached hydrogen (secondary N) is 1. The molecule has 1 amide bonds. The van der Waals surface area contributed by atoms with Gasteiger partial charge < -0.3 is 15.8 Å².